The summed E-state index contributed by atoms with van der Waals surface area (Å²) < 4.78 is 69.0. The Bertz CT molecular complexity index is 2100. The van der Waals surface area contributed by atoms with Gasteiger partial charge in [0.2, 0.25) is 0 Å². The summed E-state index contributed by atoms with van der Waals surface area (Å²) in [5.41, 5.74) is 0. The average Bonchev–Trinajstić information content (AvgIpc) is 0.891. The molecular formula is C90H176O17P2. The molecule has 0 spiro atoms. The highest BCUT2D eigenvalue weighted by molar-refractivity contribution is 7.47. The van der Waals surface area contributed by atoms with E-state index in [0.29, 0.717) is 25.7 Å². The molecule has 19 heteroatoms. The fourth-order valence-electron chi connectivity index (χ4n) is 14.0. The fraction of sp³-hybridized carbons (Fsp3) is 0.956. The van der Waals surface area contributed by atoms with E-state index in [1.807, 2.05) is 0 Å². The minimum Gasteiger partial charge on any atom is -0.462 e. The zero-order valence-electron chi connectivity index (χ0n) is 72.0. The third kappa shape index (κ3) is 82.4. The summed E-state index contributed by atoms with van der Waals surface area (Å²) in [6.45, 7) is 12.1. The van der Waals surface area contributed by atoms with Crippen LogP contribution in [0.1, 0.15) is 479 Å². The van der Waals surface area contributed by atoms with E-state index in [9.17, 15) is 43.2 Å². The molecular weight excluding hydrogens is 1410 g/mol. The van der Waals surface area contributed by atoms with Gasteiger partial charge in [-0.25, -0.2) is 9.13 Å². The Morgan fingerprint density at radius 1 is 0.266 bits per heavy atom. The highest BCUT2D eigenvalue weighted by atomic mass is 31.2. The summed E-state index contributed by atoms with van der Waals surface area (Å²) >= 11 is 0. The van der Waals surface area contributed by atoms with Crippen molar-refractivity contribution in [1.82, 2.24) is 0 Å². The van der Waals surface area contributed by atoms with Gasteiger partial charge in [0.25, 0.3) is 0 Å². The molecule has 0 aromatic carbocycles. The van der Waals surface area contributed by atoms with E-state index in [0.717, 1.165) is 108 Å². The summed E-state index contributed by atoms with van der Waals surface area (Å²) in [5.74, 6) is 0.361. The largest absolute Gasteiger partial charge is 0.472 e. The average molecular weight is 1590 g/mol. The molecule has 0 aromatic rings. The summed E-state index contributed by atoms with van der Waals surface area (Å²) in [5, 5.41) is 10.7. The van der Waals surface area contributed by atoms with Crippen molar-refractivity contribution < 1.29 is 80.2 Å². The molecule has 0 rings (SSSR count). The lowest BCUT2D eigenvalue weighted by Crippen LogP contribution is -2.30. The predicted octanol–water partition coefficient (Wildman–Crippen LogP) is 27.6. The van der Waals surface area contributed by atoms with Crippen molar-refractivity contribution in [3.63, 3.8) is 0 Å². The quantitative estimate of drug-likeness (QED) is 0.0222. The molecule has 0 saturated heterocycles. The first-order chi connectivity index (χ1) is 52.8. The van der Waals surface area contributed by atoms with E-state index in [1.165, 1.54) is 289 Å². The Balaban J connectivity index is 5.23. The number of unbranched alkanes of at least 4 members (excludes halogenated alkanes) is 55. The second kappa shape index (κ2) is 79.9. The molecule has 0 bridgehead atoms. The van der Waals surface area contributed by atoms with Crippen LogP contribution in [0.15, 0.2) is 0 Å². The summed E-state index contributed by atoms with van der Waals surface area (Å²) in [4.78, 5) is 73.4. The molecule has 0 radical (unpaired) electrons. The SMILES string of the molecule is CCCCCCCCCCCCCCC(=O)OC[C@H](COP(=O)(O)OC[C@H](O)COP(=O)(O)OC[C@@H](COC(=O)CCCCCCCCCCCCCCCCCCCCC(C)C)OC(=O)CCCCCCCCCCCCCCCCCCCCC(C)CC)OC(=O)CCCCCCCCCCCCCC(C)C. The molecule has 0 heterocycles. The Labute approximate surface area is 670 Å². The van der Waals surface area contributed by atoms with Crippen LogP contribution in [-0.4, -0.2) is 96.7 Å². The van der Waals surface area contributed by atoms with Gasteiger partial charge in [-0.3, -0.25) is 37.3 Å². The van der Waals surface area contributed by atoms with E-state index in [4.69, 9.17) is 37.0 Å². The van der Waals surface area contributed by atoms with E-state index in [2.05, 4.69) is 48.5 Å². The zero-order valence-corrected chi connectivity index (χ0v) is 73.8. The zero-order chi connectivity index (χ0) is 80.0. The first kappa shape index (κ1) is 107. The molecule has 17 nitrogen and oxygen atoms in total. The second-order valence-corrected chi connectivity index (χ2v) is 36.4. The molecule has 0 amide bonds. The first-order valence-corrected chi connectivity index (χ1v) is 49.4. The summed E-state index contributed by atoms with van der Waals surface area (Å²) in [7, 11) is -9.93. The number of carbonyl (C=O) groups is 4. The Morgan fingerprint density at radius 2 is 0.468 bits per heavy atom. The van der Waals surface area contributed by atoms with Crippen LogP contribution in [0.2, 0.25) is 0 Å². The van der Waals surface area contributed by atoms with E-state index in [1.54, 1.807) is 0 Å². The minimum atomic E-state index is -4.97. The van der Waals surface area contributed by atoms with Gasteiger partial charge < -0.3 is 33.8 Å². The number of aliphatic hydroxyl groups is 1. The number of hydrogen-bond acceptors (Lipinski definition) is 15. The molecule has 3 N–H and O–H groups in total. The van der Waals surface area contributed by atoms with Crippen molar-refractivity contribution in [2.24, 2.45) is 17.8 Å². The van der Waals surface area contributed by atoms with Gasteiger partial charge in [-0.05, 0) is 43.4 Å². The van der Waals surface area contributed by atoms with Gasteiger partial charge in [-0.2, -0.15) is 0 Å². The number of esters is 4. The van der Waals surface area contributed by atoms with Gasteiger partial charge in [-0.15, -0.1) is 0 Å². The molecule has 0 aliphatic heterocycles. The lowest BCUT2D eigenvalue weighted by atomic mass is 9.99. The lowest BCUT2D eigenvalue weighted by Gasteiger charge is -2.21. The fourth-order valence-corrected chi connectivity index (χ4v) is 15.6. The number of hydrogen-bond donors (Lipinski definition) is 3. The van der Waals surface area contributed by atoms with Crippen molar-refractivity contribution in [2.45, 2.75) is 497 Å². The van der Waals surface area contributed by atoms with Crippen LogP contribution >= 0.6 is 15.6 Å². The number of aliphatic hydroxyl groups excluding tert-OH is 1. The lowest BCUT2D eigenvalue weighted by molar-refractivity contribution is -0.161. The topological polar surface area (TPSA) is 237 Å². The van der Waals surface area contributed by atoms with Crippen molar-refractivity contribution in [3.05, 3.63) is 0 Å². The molecule has 0 aliphatic carbocycles. The highest BCUT2D eigenvalue weighted by Gasteiger charge is 2.31. The number of ether oxygens (including phenoxy) is 4. The summed E-state index contributed by atoms with van der Waals surface area (Å²) in [6, 6.07) is 0. The van der Waals surface area contributed by atoms with Crippen LogP contribution < -0.4 is 0 Å². The number of rotatable bonds is 88. The summed E-state index contributed by atoms with van der Waals surface area (Å²) in [6.07, 6.45) is 72.2. The maximum absolute atomic E-state index is 13.2. The van der Waals surface area contributed by atoms with Gasteiger partial charge in [0.15, 0.2) is 12.2 Å². The molecule has 0 fully saturated rings. The standard InChI is InChI=1S/C90H176O17P2/c1-8-10-11-12-13-14-15-36-43-50-57-64-71-87(92)100-77-86(107-90(95)74-67-60-53-46-39-32-34-41-48-55-62-69-82(5)6)80-105-109(98,99)103-76-84(91)75-102-108(96,97)104-79-85(78-101-88(93)72-65-58-51-44-37-30-26-22-18-16-20-24-28-33-40-47-54-61-68-81(3)4)106-89(94)73-66-59-52-45-38-31-27-23-19-17-21-25-29-35-42-49-56-63-70-83(7)9-2/h81-86,91H,8-80H2,1-7H3,(H,96,97)(H,98,99)/t83?,84-,85-,86-/m1/s1. The third-order valence-corrected chi connectivity index (χ3v) is 23.4. The van der Waals surface area contributed by atoms with Crippen LogP contribution in [0.3, 0.4) is 0 Å². The molecule has 0 aromatic heterocycles. The molecule has 0 aliphatic rings. The number of phosphoric ester groups is 2. The number of phosphoric acid groups is 2. The third-order valence-electron chi connectivity index (χ3n) is 21.5. The van der Waals surface area contributed by atoms with Crippen molar-refractivity contribution in [3.8, 4) is 0 Å². The second-order valence-electron chi connectivity index (χ2n) is 33.5. The van der Waals surface area contributed by atoms with Gasteiger partial charge in [-0.1, -0.05) is 427 Å². The normalized spacial score (nSPS) is 14.1. The van der Waals surface area contributed by atoms with E-state index >= 15 is 0 Å². The first-order valence-electron chi connectivity index (χ1n) is 46.4. The van der Waals surface area contributed by atoms with Crippen LogP contribution in [0.4, 0.5) is 0 Å². The molecule has 648 valence electrons. The van der Waals surface area contributed by atoms with Crippen molar-refractivity contribution >= 4 is 39.5 Å². The van der Waals surface area contributed by atoms with Crippen LogP contribution in [0.25, 0.3) is 0 Å². The van der Waals surface area contributed by atoms with E-state index in [-0.39, 0.29) is 25.7 Å². The van der Waals surface area contributed by atoms with Gasteiger partial charge in [0, 0.05) is 25.7 Å². The Hall–Kier alpha value is -1.94. The molecule has 0 saturated carbocycles. The molecule has 6 atom stereocenters. The van der Waals surface area contributed by atoms with Gasteiger partial charge >= 0.3 is 39.5 Å². The minimum absolute atomic E-state index is 0.107. The van der Waals surface area contributed by atoms with Crippen LogP contribution in [-0.2, 0) is 65.4 Å². The maximum atomic E-state index is 13.2. The van der Waals surface area contributed by atoms with Crippen molar-refractivity contribution in [1.29, 1.82) is 0 Å². The predicted molar refractivity (Wildman–Crippen MR) is 451 cm³/mol. The molecule has 109 heavy (non-hydrogen) atoms. The highest BCUT2D eigenvalue weighted by Crippen LogP contribution is 2.45. The van der Waals surface area contributed by atoms with E-state index < -0.39 is 97.5 Å². The maximum Gasteiger partial charge on any atom is 0.472 e. The molecule has 3 unspecified atom stereocenters. The van der Waals surface area contributed by atoms with Crippen LogP contribution in [0.5, 0.6) is 0 Å². The monoisotopic (exact) mass is 1590 g/mol. The smallest absolute Gasteiger partial charge is 0.462 e. The Kier molecular flexibility index (Phi) is 78.5. The van der Waals surface area contributed by atoms with Gasteiger partial charge in [0.05, 0.1) is 26.4 Å². The van der Waals surface area contributed by atoms with Crippen LogP contribution in [0, 0.1) is 17.8 Å². The van der Waals surface area contributed by atoms with Gasteiger partial charge in [0.1, 0.15) is 19.3 Å². The van der Waals surface area contributed by atoms with Crippen molar-refractivity contribution in [2.75, 3.05) is 39.6 Å². The number of carbonyl (C=O) groups excluding carboxylic acids is 4. The Morgan fingerprint density at radius 3 is 0.697 bits per heavy atom.